The molecule has 3 aromatic carbocycles. The molecule has 182 valence electrons. The molecule has 0 radical (unpaired) electrons. The van der Waals surface area contributed by atoms with Gasteiger partial charge >= 0.3 is 0 Å². The fourth-order valence-electron chi connectivity index (χ4n) is 3.97. The Morgan fingerprint density at radius 3 is 2.56 bits per heavy atom. The number of fused-ring (bicyclic) bond motifs is 1. The minimum atomic E-state index is -0.555. The molecular weight excluding hydrogens is 520 g/mol. The van der Waals surface area contributed by atoms with Crippen molar-refractivity contribution in [1.82, 2.24) is 14.8 Å². The van der Waals surface area contributed by atoms with Crippen LogP contribution in [0.25, 0.3) is 0 Å². The summed E-state index contributed by atoms with van der Waals surface area (Å²) < 4.78 is 15.9. The lowest BCUT2D eigenvalue weighted by Crippen LogP contribution is -2.31. The van der Waals surface area contributed by atoms with Crippen molar-refractivity contribution in [1.29, 1.82) is 0 Å². The molecule has 1 unspecified atom stereocenters. The maximum atomic E-state index is 14.2. The van der Waals surface area contributed by atoms with Crippen molar-refractivity contribution in [3.05, 3.63) is 111 Å². The Hall–Kier alpha value is -3.33. The molecule has 36 heavy (non-hydrogen) atoms. The molecule has 2 N–H and O–H groups in total. The number of hydrogen-bond acceptors (Lipinski definition) is 5. The van der Waals surface area contributed by atoms with E-state index in [2.05, 4.69) is 20.7 Å². The standard InChI is InChI=1S/C26H20Cl2FN5OS/c1-15-22(24(35)31-18-6-3-2-4-7-18)23(16-10-12-17(27)13-11-16)34-25(30-15)32-26(33-34)36-14-19-20(28)8-5-9-21(19)29/h2-13,23H,14H2,1H3,(H,31,35)(H,30,32,33). The van der Waals surface area contributed by atoms with Gasteiger partial charge in [0.1, 0.15) is 11.9 Å². The summed E-state index contributed by atoms with van der Waals surface area (Å²) in [5, 5.41) is 12.2. The van der Waals surface area contributed by atoms with Crippen LogP contribution in [0.2, 0.25) is 10.0 Å². The van der Waals surface area contributed by atoms with Crippen LogP contribution in [0.3, 0.4) is 0 Å². The quantitative estimate of drug-likeness (QED) is 0.259. The molecule has 0 bridgehead atoms. The number of benzene rings is 3. The van der Waals surface area contributed by atoms with E-state index in [9.17, 15) is 9.18 Å². The number of carbonyl (C=O) groups excluding carboxylic acids is 1. The van der Waals surface area contributed by atoms with Crippen LogP contribution in [-0.4, -0.2) is 20.7 Å². The molecule has 0 spiro atoms. The van der Waals surface area contributed by atoms with Crippen LogP contribution in [-0.2, 0) is 10.5 Å². The molecule has 1 aliphatic rings. The number of nitrogens with zero attached hydrogens (tertiary/aromatic N) is 3. The molecule has 0 saturated heterocycles. The Kier molecular flexibility index (Phi) is 7.00. The lowest BCUT2D eigenvalue weighted by molar-refractivity contribution is -0.113. The molecule has 5 rings (SSSR count). The fraction of sp³-hybridized carbons (Fsp3) is 0.115. The zero-order valence-electron chi connectivity index (χ0n) is 19.0. The van der Waals surface area contributed by atoms with E-state index in [4.69, 9.17) is 23.2 Å². The first-order chi connectivity index (χ1) is 17.4. The highest BCUT2D eigenvalue weighted by molar-refractivity contribution is 7.98. The molecule has 0 saturated carbocycles. The SMILES string of the molecule is CC1=C(C(=O)Nc2ccccc2)C(c2ccc(Cl)cc2)n2nc(SCc3c(F)cccc3Cl)nc2N1. The van der Waals surface area contributed by atoms with Gasteiger partial charge in [0.25, 0.3) is 5.91 Å². The van der Waals surface area contributed by atoms with E-state index in [-0.39, 0.29) is 17.5 Å². The molecular formula is C26H20Cl2FN5OS. The largest absolute Gasteiger partial charge is 0.328 e. The van der Waals surface area contributed by atoms with Crippen LogP contribution < -0.4 is 10.6 Å². The minimum Gasteiger partial charge on any atom is -0.328 e. The zero-order chi connectivity index (χ0) is 25.2. The van der Waals surface area contributed by atoms with E-state index < -0.39 is 6.04 Å². The van der Waals surface area contributed by atoms with Crippen molar-refractivity contribution in [3.8, 4) is 0 Å². The summed E-state index contributed by atoms with van der Waals surface area (Å²) in [5.74, 6) is 0.0907. The molecule has 0 aliphatic carbocycles. The molecule has 1 aromatic heterocycles. The van der Waals surface area contributed by atoms with Gasteiger partial charge in [-0.05, 0) is 48.9 Å². The highest BCUT2D eigenvalue weighted by atomic mass is 35.5. The second kappa shape index (κ2) is 10.3. The predicted molar refractivity (Wildman–Crippen MR) is 142 cm³/mol. The van der Waals surface area contributed by atoms with Gasteiger partial charge in [0.15, 0.2) is 0 Å². The average Bonchev–Trinajstić information content (AvgIpc) is 3.26. The second-order valence-corrected chi connectivity index (χ2v) is 9.88. The second-order valence-electron chi connectivity index (χ2n) is 8.09. The summed E-state index contributed by atoms with van der Waals surface area (Å²) in [6, 6.07) is 20.5. The summed E-state index contributed by atoms with van der Waals surface area (Å²) >= 11 is 13.6. The number of rotatable bonds is 6. The first-order valence-corrected chi connectivity index (χ1v) is 12.8. The Bertz CT molecular complexity index is 1440. The van der Waals surface area contributed by atoms with Crippen molar-refractivity contribution in [2.45, 2.75) is 23.9 Å². The summed E-state index contributed by atoms with van der Waals surface area (Å²) in [6.07, 6.45) is 0. The lowest BCUT2D eigenvalue weighted by Gasteiger charge is -2.28. The number of halogens is 3. The highest BCUT2D eigenvalue weighted by Crippen LogP contribution is 2.37. The van der Waals surface area contributed by atoms with Gasteiger partial charge in [-0.15, -0.1) is 5.10 Å². The predicted octanol–water partition coefficient (Wildman–Crippen LogP) is 6.94. The molecule has 2 heterocycles. The molecule has 6 nitrogen and oxygen atoms in total. The summed E-state index contributed by atoms with van der Waals surface area (Å²) in [6.45, 7) is 1.83. The van der Waals surface area contributed by atoms with Gasteiger partial charge in [0.2, 0.25) is 11.1 Å². The van der Waals surface area contributed by atoms with E-state index >= 15 is 0 Å². The molecule has 0 fully saturated rings. The molecule has 1 aliphatic heterocycles. The van der Waals surface area contributed by atoms with E-state index in [0.29, 0.717) is 43.7 Å². The third-order valence-corrected chi connectivity index (χ3v) is 7.17. The van der Waals surface area contributed by atoms with Crippen LogP contribution in [0, 0.1) is 5.82 Å². The Morgan fingerprint density at radius 2 is 1.83 bits per heavy atom. The van der Waals surface area contributed by atoms with E-state index in [1.54, 1.807) is 28.9 Å². The number of amides is 1. The summed E-state index contributed by atoms with van der Waals surface area (Å²) in [4.78, 5) is 18.1. The van der Waals surface area contributed by atoms with Crippen LogP contribution in [0.1, 0.15) is 24.1 Å². The average molecular weight is 540 g/mol. The van der Waals surface area contributed by atoms with Gasteiger partial charge in [-0.1, -0.05) is 71.4 Å². The number of hydrogen-bond donors (Lipinski definition) is 2. The van der Waals surface area contributed by atoms with Crippen molar-refractivity contribution in [2.24, 2.45) is 0 Å². The van der Waals surface area contributed by atoms with Gasteiger partial charge in [-0.2, -0.15) is 4.98 Å². The number of thioether (sulfide) groups is 1. The topological polar surface area (TPSA) is 71.8 Å². The van der Waals surface area contributed by atoms with Crippen LogP contribution >= 0.6 is 35.0 Å². The summed E-state index contributed by atoms with van der Waals surface area (Å²) in [5.41, 5.74) is 3.03. The Labute approximate surface area is 221 Å². The van der Waals surface area contributed by atoms with E-state index in [1.807, 2.05) is 49.4 Å². The number of anilines is 2. The van der Waals surface area contributed by atoms with Crippen molar-refractivity contribution >= 4 is 52.5 Å². The Balaban J connectivity index is 1.49. The van der Waals surface area contributed by atoms with E-state index in [0.717, 1.165) is 5.56 Å². The van der Waals surface area contributed by atoms with Crippen LogP contribution in [0.5, 0.6) is 0 Å². The minimum absolute atomic E-state index is 0.258. The van der Waals surface area contributed by atoms with Crippen LogP contribution in [0.15, 0.2) is 89.2 Å². The number of aromatic nitrogens is 3. The zero-order valence-corrected chi connectivity index (χ0v) is 21.3. The normalized spacial score (nSPS) is 14.8. The first kappa shape index (κ1) is 24.4. The van der Waals surface area contributed by atoms with Gasteiger partial charge in [-0.3, -0.25) is 4.79 Å². The molecule has 4 aromatic rings. The number of nitrogens with one attached hydrogen (secondary N) is 2. The third-order valence-electron chi connectivity index (χ3n) is 5.70. The number of carbonyl (C=O) groups is 1. The fourth-order valence-corrected chi connectivity index (χ4v) is 5.27. The molecule has 10 heteroatoms. The molecule has 1 atom stereocenters. The van der Waals surface area contributed by atoms with Crippen LogP contribution in [0.4, 0.5) is 16.0 Å². The lowest BCUT2D eigenvalue weighted by atomic mass is 9.95. The monoisotopic (exact) mass is 539 g/mol. The third kappa shape index (κ3) is 4.97. The maximum absolute atomic E-state index is 14.2. The molecule has 1 amide bonds. The first-order valence-electron chi connectivity index (χ1n) is 11.0. The van der Waals surface area contributed by atoms with Crippen molar-refractivity contribution in [3.63, 3.8) is 0 Å². The Morgan fingerprint density at radius 1 is 1.08 bits per heavy atom. The van der Waals surface area contributed by atoms with Gasteiger partial charge in [0.05, 0.1) is 5.57 Å². The van der Waals surface area contributed by atoms with Gasteiger partial charge in [-0.25, -0.2) is 9.07 Å². The van der Waals surface area contributed by atoms with Gasteiger partial charge < -0.3 is 10.6 Å². The van der Waals surface area contributed by atoms with Crippen molar-refractivity contribution < 1.29 is 9.18 Å². The van der Waals surface area contributed by atoms with Crippen molar-refractivity contribution in [2.75, 3.05) is 10.6 Å². The summed E-state index contributed by atoms with van der Waals surface area (Å²) in [7, 11) is 0. The maximum Gasteiger partial charge on any atom is 0.255 e. The number of para-hydroxylation sites is 1. The highest BCUT2D eigenvalue weighted by Gasteiger charge is 2.34. The van der Waals surface area contributed by atoms with Gasteiger partial charge in [0, 0.05) is 32.7 Å². The van der Waals surface area contributed by atoms with E-state index in [1.165, 1.54) is 17.8 Å². The smallest absolute Gasteiger partial charge is 0.255 e. The number of allylic oxidation sites excluding steroid dienone is 1.